The Morgan fingerprint density at radius 3 is 2.06 bits per heavy atom. The molecule has 6 heteroatoms. The molecule has 3 aromatic rings. The van der Waals surface area contributed by atoms with E-state index >= 15 is 0 Å². The molecule has 2 amide bonds. The molecular weight excluding hydrogens is 426 g/mol. The molecule has 1 aliphatic heterocycles. The third-order valence-electron chi connectivity index (χ3n) is 5.89. The Hall–Kier alpha value is -3.93. The van der Waals surface area contributed by atoms with Crippen molar-refractivity contribution >= 4 is 17.5 Å². The van der Waals surface area contributed by atoms with Gasteiger partial charge in [0.1, 0.15) is 12.6 Å². The Balaban J connectivity index is 1.61. The van der Waals surface area contributed by atoms with Gasteiger partial charge in [0.25, 0.3) is 0 Å². The summed E-state index contributed by atoms with van der Waals surface area (Å²) >= 11 is 0. The molecule has 3 aromatic carbocycles. The molecule has 1 heterocycles. The maximum atomic E-state index is 14.0. The number of benzene rings is 3. The Morgan fingerprint density at radius 1 is 0.941 bits per heavy atom. The number of likely N-dealkylation sites (tertiary alicyclic amines) is 1. The van der Waals surface area contributed by atoms with Gasteiger partial charge in [-0.3, -0.25) is 9.59 Å². The number of amides is 2. The molecule has 1 fully saturated rings. The Morgan fingerprint density at radius 2 is 1.50 bits per heavy atom. The summed E-state index contributed by atoms with van der Waals surface area (Å²) in [5.74, 6) is -0.837. The molecule has 0 spiro atoms. The van der Waals surface area contributed by atoms with Crippen molar-refractivity contribution in [3.8, 4) is 0 Å². The van der Waals surface area contributed by atoms with Crippen molar-refractivity contribution in [2.45, 2.75) is 31.8 Å². The fraction of sp³-hybridized carbons (Fsp3) is 0.250. The summed E-state index contributed by atoms with van der Waals surface area (Å²) in [6.07, 6.45) is 0.350. The number of nitrogens with one attached hydrogen (secondary N) is 1. The van der Waals surface area contributed by atoms with E-state index in [0.717, 1.165) is 16.7 Å². The van der Waals surface area contributed by atoms with Gasteiger partial charge in [0.15, 0.2) is 0 Å². The smallest absolute Gasteiger partial charge is 0.243 e. The summed E-state index contributed by atoms with van der Waals surface area (Å²) < 4.78 is 0. The first-order chi connectivity index (χ1) is 16.7. The molecule has 1 N–H and O–H groups in total. The monoisotopic (exact) mass is 455 g/mol. The number of carbonyl (C=O) groups is 2. The molecule has 0 radical (unpaired) electrons. The zero-order valence-corrected chi connectivity index (χ0v) is 19.3. The Kier molecular flexibility index (Phi) is 7.71. The Labute approximate surface area is 200 Å². The third kappa shape index (κ3) is 5.52. The van der Waals surface area contributed by atoms with Gasteiger partial charge in [-0.15, -0.1) is 0 Å². The minimum Gasteiger partial charge on any atom is -0.396 e. The fourth-order valence-electron chi connectivity index (χ4n) is 4.23. The van der Waals surface area contributed by atoms with E-state index < -0.39 is 12.0 Å². The minimum absolute atomic E-state index is 0.126. The number of oxime groups is 1. The maximum absolute atomic E-state index is 14.0. The lowest BCUT2D eigenvalue weighted by molar-refractivity contribution is -0.138. The van der Waals surface area contributed by atoms with E-state index in [1.165, 1.54) is 0 Å². The van der Waals surface area contributed by atoms with Crippen LogP contribution in [0.2, 0.25) is 0 Å². The first-order valence-electron chi connectivity index (χ1n) is 11.6. The molecule has 0 saturated carbocycles. The van der Waals surface area contributed by atoms with E-state index in [2.05, 4.69) is 10.5 Å². The SMILES string of the molecule is CCON=C1C[C@@H](C(=O)NCc2ccccc2)N(C(=O)C(c2ccccc2)c2ccccc2)C1. The van der Waals surface area contributed by atoms with Gasteiger partial charge in [0.2, 0.25) is 11.8 Å². The highest BCUT2D eigenvalue weighted by molar-refractivity contribution is 6.02. The van der Waals surface area contributed by atoms with Gasteiger partial charge in [-0.25, -0.2) is 0 Å². The molecule has 6 nitrogen and oxygen atoms in total. The number of hydrogen-bond donors (Lipinski definition) is 1. The quantitative estimate of drug-likeness (QED) is 0.519. The summed E-state index contributed by atoms with van der Waals surface area (Å²) in [6.45, 7) is 2.95. The molecule has 0 aliphatic carbocycles. The van der Waals surface area contributed by atoms with Crippen LogP contribution >= 0.6 is 0 Å². The number of nitrogens with zero attached hydrogens (tertiary/aromatic N) is 2. The van der Waals surface area contributed by atoms with E-state index in [9.17, 15) is 9.59 Å². The molecular formula is C28H29N3O3. The van der Waals surface area contributed by atoms with Gasteiger partial charge in [-0.1, -0.05) is 96.2 Å². The van der Waals surface area contributed by atoms with E-state index in [1.807, 2.05) is 97.9 Å². The highest BCUT2D eigenvalue weighted by Crippen LogP contribution is 2.30. The van der Waals surface area contributed by atoms with Crippen molar-refractivity contribution in [2.24, 2.45) is 5.16 Å². The van der Waals surface area contributed by atoms with Crippen molar-refractivity contribution in [1.29, 1.82) is 0 Å². The van der Waals surface area contributed by atoms with Crippen molar-refractivity contribution in [3.05, 3.63) is 108 Å². The third-order valence-corrected chi connectivity index (χ3v) is 5.89. The fourth-order valence-corrected chi connectivity index (χ4v) is 4.23. The van der Waals surface area contributed by atoms with Gasteiger partial charge in [0.05, 0.1) is 18.2 Å². The second-order valence-corrected chi connectivity index (χ2v) is 8.22. The van der Waals surface area contributed by atoms with E-state index in [1.54, 1.807) is 4.90 Å². The number of hydrogen-bond acceptors (Lipinski definition) is 4. The number of rotatable bonds is 8. The van der Waals surface area contributed by atoms with Crippen LogP contribution in [0.5, 0.6) is 0 Å². The van der Waals surface area contributed by atoms with Gasteiger partial charge in [0, 0.05) is 13.0 Å². The van der Waals surface area contributed by atoms with Crippen LogP contribution in [-0.4, -0.2) is 41.6 Å². The molecule has 174 valence electrons. The standard InChI is InChI=1S/C28H29N3O3/c1-2-34-30-24-18-25(27(32)29-19-21-12-6-3-7-13-21)31(20-24)28(33)26(22-14-8-4-9-15-22)23-16-10-5-11-17-23/h3-17,25-26H,2,18-20H2,1H3,(H,29,32)/t25-/m0/s1. The largest absolute Gasteiger partial charge is 0.396 e. The second kappa shape index (κ2) is 11.3. The van der Waals surface area contributed by atoms with Crippen LogP contribution < -0.4 is 5.32 Å². The van der Waals surface area contributed by atoms with Crippen molar-refractivity contribution in [3.63, 3.8) is 0 Å². The molecule has 1 saturated heterocycles. The van der Waals surface area contributed by atoms with Crippen molar-refractivity contribution < 1.29 is 14.4 Å². The minimum atomic E-state index is -0.648. The average Bonchev–Trinajstić information content (AvgIpc) is 3.32. The molecule has 0 bridgehead atoms. The van der Waals surface area contributed by atoms with Gasteiger partial charge in [-0.2, -0.15) is 0 Å². The number of carbonyl (C=O) groups excluding carboxylic acids is 2. The summed E-state index contributed by atoms with van der Waals surface area (Å²) in [6, 6.07) is 28.4. The summed E-state index contributed by atoms with van der Waals surface area (Å²) in [4.78, 5) is 34.1. The summed E-state index contributed by atoms with van der Waals surface area (Å²) in [7, 11) is 0. The van der Waals surface area contributed by atoms with E-state index in [4.69, 9.17) is 4.84 Å². The van der Waals surface area contributed by atoms with Crippen LogP contribution in [0.25, 0.3) is 0 Å². The molecule has 1 atom stereocenters. The van der Waals surface area contributed by atoms with E-state index in [-0.39, 0.29) is 18.4 Å². The average molecular weight is 456 g/mol. The van der Waals surface area contributed by atoms with Crippen molar-refractivity contribution in [1.82, 2.24) is 10.2 Å². The first-order valence-corrected chi connectivity index (χ1v) is 11.6. The predicted molar refractivity (Wildman–Crippen MR) is 132 cm³/mol. The molecule has 34 heavy (non-hydrogen) atoms. The van der Waals surface area contributed by atoms with Crippen molar-refractivity contribution in [2.75, 3.05) is 13.2 Å². The summed E-state index contributed by atoms with van der Waals surface area (Å²) in [5, 5.41) is 7.17. The molecule has 4 rings (SSSR count). The molecule has 1 aliphatic rings. The molecule has 0 unspecified atom stereocenters. The van der Waals surface area contributed by atoms with Crippen LogP contribution in [0.3, 0.4) is 0 Å². The van der Waals surface area contributed by atoms with Gasteiger partial charge < -0.3 is 15.1 Å². The highest BCUT2D eigenvalue weighted by atomic mass is 16.6. The lowest BCUT2D eigenvalue weighted by atomic mass is 9.90. The summed E-state index contributed by atoms with van der Waals surface area (Å²) in [5.41, 5.74) is 3.46. The van der Waals surface area contributed by atoms with Gasteiger partial charge in [-0.05, 0) is 23.6 Å². The van der Waals surface area contributed by atoms with Crippen LogP contribution in [0, 0.1) is 0 Å². The van der Waals surface area contributed by atoms with Crippen LogP contribution in [-0.2, 0) is 21.0 Å². The lowest BCUT2D eigenvalue weighted by Crippen LogP contribution is -2.47. The van der Waals surface area contributed by atoms with E-state index in [0.29, 0.717) is 25.3 Å². The van der Waals surface area contributed by atoms with Crippen LogP contribution in [0.4, 0.5) is 0 Å². The van der Waals surface area contributed by atoms with Gasteiger partial charge >= 0.3 is 0 Å². The topological polar surface area (TPSA) is 71.0 Å². The van der Waals surface area contributed by atoms with Crippen LogP contribution in [0.1, 0.15) is 36.0 Å². The zero-order valence-electron chi connectivity index (χ0n) is 19.3. The first kappa shape index (κ1) is 23.2. The lowest BCUT2D eigenvalue weighted by Gasteiger charge is -2.28. The zero-order chi connectivity index (χ0) is 23.8. The molecule has 0 aromatic heterocycles. The highest BCUT2D eigenvalue weighted by Gasteiger charge is 2.41. The van der Waals surface area contributed by atoms with Crippen LogP contribution in [0.15, 0.2) is 96.2 Å². The Bertz CT molecular complexity index is 1080. The normalized spacial score (nSPS) is 16.6. The maximum Gasteiger partial charge on any atom is 0.243 e. The second-order valence-electron chi connectivity index (χ2n) is 8.22. The predicted octanol–water partition coefficient (Wildman–Crippen LogP) is 4.13.